The third kappa shape index (κ3) is 4.34. The van der Waals surface area contributed by atoms with Gasteiger partial charge in [0.05, 0.1) is 6.61 Å². The second-order valence-corrected chi connectivity index (χ2v) is 4.56. The van der Waals surface area contributed by atoms with Gasteiger partial charge in [-0.2, -0.15) is 0 Å². The first kappa shape index (κ1) is 14.0. The third-order valence-corrected chi connectivity index (χ3v) is 2.99. The Labute approximate surface area is 102 Å². The van der Waals surface area contributed by atoms with Gasteiger partial charge in [0.15, 0.2) is 0 Å². The molecular weight excluding hydrogens is 220 g/mol. The summed E-state index contributed by atoms with van der Waals surface area (Å²) in [6.07, 6.45) is 1.65. The molecule has 1 amide bonds. The van der Waals surface area contributed by atoms with Gasteiger partial charge < -0.3 is 15.4 Å². The van der Waals surface area contributed by atoms with Gasteiger partial charge in [-0.1, -0.05) is 0 Å². The first-order valence-electron chi connectivity index (χ1n) is 6.25. The van der Waals surface area contributed by atoms with E-state index in [9.17, 15) is 9.59 Å². The molecule has 17 heavy (non-hydrogen) atoms. The van der Waals surface area contributed by atoms with E-state index in [4.69, 9.17) is 4.74 Å². The molecule has 98 valence electrons. The minimum atomic E-state index is -0.562. The van der Waals surface area contributed by atoms with Crippen molar-refractivity contribution in [2.24, 2.45) is 5.92 Å². The summed E-state index contributed by atoms with van der Waals surface area (Å²) >= 11 is 0. The molecule has 5 heteroatoms. The zero-order valence-corrected chi connectivity index (χ0v) is 10.8. The van der Waals surface area contributed by atoms with Crippen LogP contribution in [0.2, 0.25) is 0 Å². The standard InChI is InChI=1S/C12H22N2O3/c1-4-17-12(16)9(3)14-11(15)10-5-6-13-8(2)7-10/h8-10,13H,4-7H2,1-3H3,(H,14,15). The summed E-state index contributed by atoms with van der Waals surface area (Å²) in [6.45, 7) is 6.66. The molecule has 1 aliphatic heterocycles. The average molecular weight is 242 g/mol. The van der Waals surface area contributed by atoms with E-state index in [1.165, 1.54) is 0 Å². The van der Waals surface area contributed by atoms with Gasteiger partial charge in [-0.05, 0) is 40.2 Å². The number of rotatable bonds is 4. The van der Waals surface area contributed by atoms with E-state index < -0.39 is 6.04 Å². The summed E-state index contributed by atoms with van der Waals surface area (Å²) in [5.74, 6) is -0.412. The Balaban J connectivity index is 2.40. The van der Waals surface area contributed by atoms with Crippen molar-refractivity contribution in [3.8, 4) is 0 Å². The van der Waals surface area contributed by atoms with Crippen LogP contribution in [-0.4, -0.2) is 37.1 Å². The summed E-state index contributed by atoms with van der Waals surface area (Å²) in [6, 6.07) is -0.204. The van der Waals surface area contributed by atoms with Crippen molar-refractivity contribution >= 4 is 11.9 Å². The molecule has 1 heterocycles. The number of nitrogens with one attached hydrogen (secondary N) is 2. The first-order valence-corrected chi connectivity index (χ1v) is 6.25. The number of ether oxygens (including phenoxy) is 1. The van der Waals surface area contributed by atoms with E-state index in [0.717, 1.165) is 19.4 Å². The molecule has 1 aliphatic rings. The predicted octanol–water partition coefficient (Wildman–Crippen LogP) is 0.442. The van der Waals surface area contributed by atoms with Gasteiger partial charge in [0, 0.05) is 12.0 Å². The largest absolute Gasteiger partial charge is 0.464 e. The topological polar surface area (TPSA) is 67.4 Å². The lowest BCUT2D eigenvalue weighted by Crippen LogP contribution is -2.47. The maximum absolute atomic E-state index is 11.9. The minimum Gasteiger partial charge on any atom is -0.464 e. The van der Waals surface area contributed by atoms with E-state index in [1.54, 1.807) is 13.8 Å². The van der Waals surface area contributed by atoms with Crippen molar-refractivity contribution in [3.05, 3.63) is 0 Å². The maximum Gasteiger partial charge on any atom is 0.328 e. The van der Waals surface area contributed by atoms with Crippen LogP contribution in [0.1, 0.15) is 33.6 Å². The molecule has 0 aliphatic carbocycles. The second-order valence-electron chi connectivity index (χ2n) is 4.56. The molecule has 0 bridgehead atoms. The van der Waals surface area contributed by atoms with Crippen LogP contribution in [0.15, 0.2) is 0 Å². The number of esters is 1. The molecule has 1 saturated heterocycles. The van der Waals surface area contributed by atoms with Crippen molar-refractivity contribution in [1.29, 1.82) is 0 Å². The predicted molar refractivity (Wildman–Crippen MR) is 64.4 cm³/mol. The fourth-order valence-corrected chi connectivity index (χ4v) is 2.03. The summed E-state index contributed by atoms with van der Waals surface area (Å²) in [5, 5.41) is 6.01. The molecule has 0 aromatic heterocycles. The molecule has 0 aromatic rings. The van der Waals surface area contributed by atoms with Gasteiger partial charge in [-0.15, -0.1) is 0 Å². The van der Waals surface area contributed by atoms with Crippen molar-refractivity contribution in [3.63, 3.8) is 0 Å². The second kappa shape index (κ2) is 6.59. The lowest BCUT2D eigenvalue weighted by atomic mass is 9.92. The summed E-state index contributed by atoms with van der Waals surface area (Å²) in [5.41, 5.74) is 0. The Bertz CT molecular complexity index is 281. The van der Waals surface area contributed by atoms with Crippen molar-refractivity contribution in [1.82, 2.24) is 10.6 Å². The molecular formula is C12H22N2O3. The normalized spacial score (nSPS) is 26.1. The van der Waals surface area contributed by atoms with Crippen LogP contribution in [0.25, 0.3) is 0 Å². The smallest absolute Gasteiger partial charge is 0.328 e. The minimum absolute atomic E-state index is 0.00289. The molecule has 0 aromatic carbocycles. The third-order valence-electron chi connectivity index (χ3n) is 2.99. The lowest BCUT2D eigenvalue weighted by Gasteiger charge is -2.27. The highest BCUT2D eigenvalue weighted by Gasteiger charge is 2.27. The molecule has 5 nitrogen and oxygen atoms in total. The maximum atomic E-state index is 11.9. The molecule has 1 rings (SSSR count). The Hall–Kier alpha value is -1.10. The summed E-state index contributed by atoms with van der Waals surface area (Å²) < 4.78 is 4.85. The highest BCUT2D eigenvalue weighted by atomic mass is 16.5. The Morgan fingerprint density at radius 2 is 2.24 bits per heavy atom. The molecule has 3 unspecified atom stereocenters. The molecule has 2 N–H and O–H groups in total. The number of carbonyl (C=O) groups is 2. The van der Waals surface area contributed by atoms with Crippen LogP contribution in [0, 0.1) is 5.92 Å². The molecule has 3 atom stereocenters. The van der Waals surface area contributed by atoms with Crippen LogP contribution >= 0.6 is 0 Å². The van der Waals surface area contributed by atoms with Gasteiger partial charge in [0.2, 0.25) is 5.91 Å². The average Bonchev–Trinajstić information content (AvgIpc) is 2.29. The lowest BCUT2D eigenvalue weighted by molar-refractivity contribution is -0.147. The number of hydrogen-bond donors (Lipinski definition) is 2. The van der Waals surface area contributed by atoms with Crippen LogP contribution in [-0.2, 0) is 14.3 Å². The van der Waals surface area contributed by atoms with Crippen LogP contribution in [0.4, 0.5) is 0 Å². The first-order chi connectivity index (χ1) is 8.04. The summed E-state index contributed by atoms with van der Waals surface area (Å²) in [7, 11) is 0. The van der Waals surface area contributed by atoms with Gasteiger partial charge >= 0.3 is 5.97 Å². The zero-order chi connectivity index (χ0) is 12.8. The van der Waals surface area contributed by atoms with Crippen molar-refractivity contribution < 1.29 is 14.3 Å². The number of hydrogen-bond acceptors (Lipinski definition) is 4. The van der Waals surface area contributed by atoms with Gasteiger partial charge in [0.1, 0.15) is 6.04 Å². The Morgan fingerprint density at radius 3 is 2.82 bits per heavy atom. The van der Waals surface area contributed by atoms with Gasteiger partial charge in [0.25, 0.3) is 0 Å². The molecule has 0 saturated carbocycles. The highest BCUT2D eigenvalue weighted by Crippen LogP contribution is 2.16. The van der Waals surface area contributed by atoms with Crippen LogP contribution in [0.3, 0.4) is 0 Å². The fourth-order valence-electron chi connectivity index (χ4n) is 2.03. The monoisotopic (exact) mass is 242 g/mol. The van der Waals surface area contributed by atoms with Gasteiger partial charge in [-0.25, -0.2) is 4.79 Å². The summed E-state index contributed by atoms with van der Waals surface area (Å²) in [4.78, 5) is 23.3. The number of piperidine rings is 1. The van der Waals surface area contributed by atoms with E-state index in [1.807, 2.05) is 0 Å². The molecule has 0 radical (unpaired) electrons. The van der Waals surface area contributed by atoms with Crippen molar-refractivity contribution in [2.75, 3.05) is 13.2 Å². The molecule has 1 fully saturated rings. The number of carbonyl (C=O) groups excluding carboxylic acids is 2. The van der Waals surface area contributed by atoms with Gasteiger partial charge in [-0.3, -0.25) is 4.79 Å². The zero-order valence-electron chi connectivity index (χ0n) is 10.8. The van der Waals surface area contributed by atoms with Crippen LogP contribution < -0.4 is 10.6 Å². The number of amides is 1. The van der Waals surface area contributed by atoms with Crippen LogP contribution in [0.5, 0.6) is 0 Å². The van der Waals surface area contributed by atoms with E-state index in [-0.39, 0.29) is 17.8 Å². The Morgan fingerprint density at radius 1 is 1.53 bits per heavy atom. The van der Waals surface area contributed by atoms with E-state index in [2.05, 4.69) is 17.6 Å². The van der Waals surface area contributed by atoms with Crippen molar-refractivity contribution in [2.45, 2.75) is 45.7 Å². The fraction of sp³-hybridized carbons (Fsp3) is 0.833. The SMILES string of the molecule is CCOC(=O)C(C)NC(=O)C1CCNC(C)C1. The molecule has 0 spiro atoms. The Kier molecular flexibility index (Phi) is 5.41. The highest BCUT2D eigenvalue weighted by molar-refractivity contribution is 5.85. The van der Waals surface area contributed by atoms with E-state index in [0.29, 0.717) is 12.6 Å². The quantitative estimate of drug-likeness (QED) is 0.702. The van der Waals surface area contributed by atoms with E-state index >= 15 is 0 Å².